The summed E-state index contributed by atoms with van der Waals surface area (Å²) in [6.07, 6.45) is -5.06. The van der Waals surface area contributed by atoms with Gasteiger partial charge in [0.25, 0.3) is 0 Å². The molecular weight excluding hydrogens is 285 g/mol. The summed E-state index contributed by atoms with van der Waals surface area (Å²) in [5.41, 5.74) is -1.39. The van der Waals surface area contributed by atoms with E-state index >= 15 is 0 Å². The minimum Gasteiger partial charge on any atom is -0.466 e. The highest BCUT2D eigenvalue weighted by molar-refractivity contribution is 6.30. The van der Waals surface area contributed by atoms with Gasteiger partial charge in [-0.05, 0) is 20.3 Å². The summed E-state index contributed by atoms with van der Waals surface area (Å²) >= 11 is 5.70. The van der Waals surface area contributed by atoms with Gasteiger partial charge in [0.05, 0.1) is 6.61 Å². The van der Waals surface area contributed by atoms with Crippen LogP contribution in [-0.4, -0.2) is 22.5 Å². The molecule has 1 rings (SSSR count). The maximum absolute atomic E-state index is 12.8. The number of aryl methyl sites for hydroxylation is 1. The molecule has 0 fully saturated rings. The van der Waals surface area contributed by atoms with E-state index in [1.165, 1.54) is 6.92 Å². The number of hydrogen-bond donors (Lipinski definition) is 0. The summed E-state index contributed by atoms with van der Waals surface area (Å²) in [4.78, 5) is 18.2. The molecule has 0 saturated heterocycles. The van der Waals surface area contributed by atoms with E-state index < -0.39 is 17.8 Å². The molecule has 0 unspecified atom stereocenters. The summed E-state index contributed by atoms with van der Waals surface area (Å²) < 4.78 is 43.1. The lowest BCUT2D eigenvalue weighted by Crippen LogP contribution is -2.16. The fraction of sp³-hybridized carbons (Fsp3) is 0.545. The maximum Gasteiger partial charge on any atom is 0.433 e. The third kappa shape index (κ3) is 4.34. The first-order chi connectivity index (χ1) is 8.75. The Balaban J connectivity index is 3.02. The third-order valence-electron chi connectivity index (χ3n) is 2.22. The smallest absolute Gasteiger partial charge is 0.433 e. The van der Waals surface area contributed by atoms with Gasteiger partial charge >= 0.3 is 12.1 Å². The van der Waals surface area contributed by atoms with Crippen LogP contribution in [0.1, 0.15) is 30.4 Å². The molecule has 1 heterocycles. The Hall–Kier alpha value is -1.37. The highest BCUT2D eigenvalue weighted by Crippen LogP contribution is 2.33. The van der Waals surface area contributed by atoms with Crippen molar-refractivity contribution in [2.75, 3.05) is 6.61 Å². The Morgan fingerprint density at radius 3 is 2.53 bits per heavy atom. The minimum atomic E-state index is -4.64. The van der Waals surface area contributed by atoms with Crippen LogP contribution in [0.5, 0.6) is 0 Å². The maximum atomic E-state index is 12.8. The fourth-order valence-electron chi connectivity index (χ4n) is 1.48. The van der Waals surface area contributed by atoms with Crippen LogP contribution in [0.25, 0.3) is 0 Å². The average Bonchev–Trinajstić information content (AvgIpc) is 2.26. The van der Waals surface area contributed by atoms with Crippen LogP contribution in [0.3, 0.4) is 0 Å². The molecular formula is C11H12ClF3N2O2. The van der Waals surface area contributed by atoms with E-state index in [0.29, 0.717) is 0 Å². The molecule has 1 aromatic rings. The molecule has 19 heavy (non-hydrogen) atoms. The first-order valence-electron chi connectivity index (χ1n) is 5.51. The van der Waals surface area contributed by atoms with Crippen molar-refractivity contribution in [2.24, 2.45) is 0 Å². The van der Waals surface area contributed by atoms with Crippen LogP contribution in [0.2, 0.25) is 5.15 Å². The van der Waals surface area contributed by atoms with Gasteiger partial charge in [-0.15, -0.1) is 0 Å². The topological polar surface area (TPSA) is 52.1 Å². The van der Waals surface area contributed by atoms with E-state index in [4.69, 9.17) is 11.6 Å². The van der Waals surface area contributed by atoms with Crippen LogP contribution in [0, 0.1) is 6.92 Å². The van der Waals surface area contributed by atoms with E-state index in [0.717, 1.165) is 0 Å². The van der Waals surface area contributed by atoms with Gasteiger partial charge in [0.2, 0.25) is 0 Å². The summed E-state index contributed by atoms with van der Waals surface area (Å²) in [5, 5.41) is -0.288. The lowest BCUT2D eigenvalue weighted by atomic mass is 10.1. The second-order valence-electron chi connectivity index (χ2n) is 3.69. The molecule has 4 nitrogen and oxygen atoms in total. The normalized spacial score (nSPS) is 11.5. The molecule has 0 amide bonds. The van der Waals surface area contributed by atoms with Gasteiger partial charge in [-0.25, -0.2) is 9.97 Å². The lowest BCUT2D eigenvalue weighted by Gasteiger charge is -2.13. The number of alkyl halides is 3. The van der Waals surface area contributed by atoms with Gasteiger partial charge in [0, 0.05) is 12.0 Å². The Morgan fingerprint density at radius 1 is 1.37 bits per heavy atom. The van der Waals surface area contributed by atoms with Crippen molar-refractivity contribution < 1.29 is 22.7 Å². The van der Waals surface area contributed by atoms with E-state index in [-0.39, 0.29) is 36.0 Å². The molecule has 1 aromatic heterocycles. The second-order valence-corrected chi connectivity index (χ2v) is 4.05. The van der Waals surface area contributed by atoms with Gasteiger partial charge in [-0.3, -0.25) is 4.79 Å². The van der Waals surface area contributed by atoms with Crippen LogP contribution < -0.4 is 0 Å². The molecule has 0 bridgehead atoms. The van der Waals surface area contributed by atoms with E-state index in [9.17, 15) is 18.0 Å². The van der Waals surface area contributed by atoms with Crippen molar-refractivity contribution in [3.05, 3.63) is 22.2 Å². The molecule has 0 saturated carbocycles. The number of nitrogens with zero attached hydrogens (tertiary/aromatic N) is 2. The summed E-state index contributed by atoms with van der Waals surface area (Å²) in [6, 6.07) is 0. The number of hydrogen-bond acceptors (Lipinski definition) is 4. The molecule has 8 heteroatoms. The van der Waals surface area contributed by atoms with E-state index in [1.54, 1.807) is 6.92 Å². The van der Waals surface area contributed by atoms with E-state index in [2.05, 4.69) is 14.7 Å². The van der Waals surface area contributed by atoms with Crippen molar-refractivity contribution in [1.82, 2.24) is 9.97 Å². The van der Waals surface area contributed by atoms with Crippen LogP contribution in [0.4, 0.5) is 13.2 Å². The number of ether oxygens (including phenoxy) is 1. The number of aromatic nitrogens is 2. The van der Waals surface area contributed by atoms with Gasteiger partial charge in [-0.2, -0.15) is 13.2 Å². The van der Waals surface area contributed by atoms with Crippen molar-refractivity contribution in [1.29, 1.82) is 0 Å². The van der Waals surface area contributed by atoms with Crippen molar-refractivity contribution >= 4 is 17.6 Å². The minimum absolute atomic E-state index is 0.0720. The monoisotopic (exact) mass is 296 g/mol. The standard InChI is InChI=1S/C11H12ClF3N2O2/c1-3-19-8(18)5-4-7-9(11(13,14)15)16-6(2)17-10(7)12/h3-5H2,1-2H3. The first-order valence-corrected chi connectivity index (χ1v) is 5.89. The SMILES string of the molecule is CCOC(=O)CCc1c(Cl)nc(C)nc1C(F)(F)F. The summed E-state index contributed by atoms with van der Waals surface area (Å²) in [6.45, 7) is 3.10. The molecule has 0 aliphatic rings. The molecule has 0 aliphatic carbocycles. The Kier molecular flexibility index (Phi) is 5.11. The number of esters is 1. The van der Waals surface area contributed by atoms with Crippen LogP contribution >= 0.6 is 11.6 Å². The molecule has 0 spiro atoms. The van der Waals surface area contributed by atoms with Crippen LogP contribution in [0.15, 0.2) is 0 Å². The third-order valence-corrected chi connectivity index (χ3v) is 2.53. The number of halogens is 4. The highest BCUT2D eigenvalue weighted by Gasteiger charge is 2.37. The van der Waals surface area contributed by atoms with Crippen molar-refractivity contribution in [3.63, 3.8) is 0 Å². The molecule has 0 aromatic carbocycles. The summed E-state index contributed by atoms with van der Waals surface area (Å²) in [5.74, 6) is -0.663. The quantitative estimate of drug-likeness (QED) is 0.633. The predicted octanol–water partition coefficient (Wildman–Crippen LogP) is 2.95. The molecule has 106 valence electrons. The fourth-order valence-corrected chi connectivity index (χ4v) is 1.78. The number of carbonyl (C=O) groups is 1. The first kappa shape index (κ1) is 15.7. The molecule has 0 radical (unpaired) electrons. The second kappa shape index (κ2) is 6.18. The Labute approximate surface area is 113 Å². The Bertz CT molecular complexity index is 478. The largest absolute Gasteiger partial charge is 0.466 e. The summed E-state index contributed by atoms with van der Waals surface area (Å²) in [7, 11) is 0. The Morgan fingerprint density at radius 2 is 2.00 bits per heavy atom. The van der Waals surface area contributed by atoms with Gasteiger partial charge in [0.15, 0.2) is 5.69 Å². The number of rotatable bonds is 4. The zero-order chi connectivity index (χ0) is 14.6. The predicted molar refractivity (Wildman–Crippen MR) is 61.7 cm³/mol. The molecule has 0 atom stereocenters. The van der Waals surface area contributed by atoms with Gasteiger partial charge in [0.1, 0.15) is 11.0 Å². The van der Waals surface area contributed by atoms with Gasteiger partial charge in [-0.1, -0.05) is 11.6 Å². The van der Waals surface area contributed by atoms with Crippen LogP contribution in [-0.2, 0) is 22.1 Å². The van der Waals surface area contributed by atoms with Crippen molar-refractivity contribution in [2.45, 2.75) is 32.9 Å². The van der Waals surface area contributed by atoms with E-state index in [1.807, 2.05) is 0 Å². The molecule has 0 aliphatic heterocycles. The zero-order valence-electron chi connectivity index (χ0n) is 10.3. The molecule has 0 N–H and O–H groups in total. The zero-order valence-corrected chi connectivity index (χ0v) is 11.1. The van der Waals surface area contributed by atoms with Crippen molar-refractivity contribution in [3.8, 4) is 0 Å². The highest BCUT2D eigenvalue weighted by atomic mass is 35.5. The van der Waals surface area contributed by atoms with Gasteiger partial charge < -0.3 is 4.74 Å². The lowest BCUT2D eigenvalue weighted by molar-refractivity contribution is -0.145. The number of carbonyl (C=O) groups excluding carboxylic acids is 1. The average molecular weight is 297 g/mol.